The molecule has 0 unspecified atom stereocenters. The molecule has 2 nitrogen and oxygen atoms in total. The summed E-state index contributed by atoms with van der Waals surface area (Å²) in [6, 6.07) is 5.87. The molecular formula is C10H10F3NO. The van der Waals surface area contributed by atoms with Crippen LogP contribution in [-0.4, -0.2) is 12.2 Å². The highest BCUT2D eigenvalue weighted by Gasteiger charge is 2.41. The molecule has 0 heterocycles. The molecule has 0 spiro atoms. The zero-order valence-corrected chi connectivity index (χ0v) is 8.30. The summed E-state index contributed by atoms with van der Waals surface area (Å²) >= 11 is 0. The van der Waals surface area contributed by atoms with Gasteiger partial charge in [0.05, 0.1) is 5.69 Å². The van der Waals surface area contributed by atoms with Crippen LogP contribution < -0.4 is 4.90 Å². The molecule has 82 valence electrons. The van der Waals surface area contributed by atoms with Gasteiger partial charge in [0.15, 0.2) is 0 Å². The number of carbonyl (C=O) groups is 1. The minimum atomic E-state index is -4.68. The van der Waals surface area contributed by atoms with E-state index in [-0.39, 0.29) is 10.6 Å². The number of amides is 1. The van der Waals surface area contributed by atoms with E-state index in [1.54, 1.807) is 6.07 Å². The van der Waals surface area contributed by atoms with Crippen LogP contribution in [0.2, 0.25) is 0 Å². The van der Waals surface area contributed by atoms with E-state index in [0.29, 0.717) is 5.56 Å². The fraction of sp³-hybridized carbons (Fsp3) is 0.300. The Morgan fingerprint density at radius 2 is 1.80 bits per heavy atom. The Labute approximate surface area is 85.3 Å². The number of benzene rings is 1. The second-order valence-corrected chi connectivity index (χ2v) is 3.11. The first-order chi connectivity index (χ1) is 6.84. The fourth-order valence-corrected chi connectivity index (χ4v) is 1.30. The van der Waals surface area contributed by atoms with Crippen LogP contribution in [0.5, 0.6) is 0 Å². The van der Waals surface area contributed by atoms with E-state index in [0.717, 1.165) is 6.92 Å². The highest BCUT2D eigenvalue weighted by molar-refractivity contribution is 5.92. The maximum atomic E-state index is 12.5. The van der Waals surface area contributed by atoms with Crippen LogP contribution in [0.3, 0.4) is 0 Å². The number of para-hydroxylation sites is 1. The van der Waals surface area contributed by atoms with Crippen molar-refractivity contribution >= 4 is 11.6 Å². The number of hydrogen-bond donors (Lipinski definition) is 0. The summed E-state index contributed by atoms with van der Waals surface area (Å²) in [5.74, 6) is -1.04. The van der Waals surface area contributed by atoms with Crippen molar-refractivity contribution in [1.82, 2.24) is 0 Å². The Morgan fingerprint density at radius 3 is 2.20 bits per heavy atom. The second kappa shape index (κ2) is 3.92. The van der Waals surface area contributed by atoms with E-state index in [1.807, 2.05) is 0 Å². The van der Waals surface area contributed by atoms with Crippen LogP contribution >= 0.6 is 0 Å². The van der Waals surface area contributed by atoms with Gasteiger partial charge in [0.2, 0.25) is 5.91 Å². The number of carbonyl (C=O) groups excluding carboxylic acids is 1. The molecule has 0 aliphatic rings. The molecule has 0 saturated heterocycles. The third-order valence-electron chi connectivity index (χ3n) is 1.92. The van der Waals surface area contributed by atoms with Crippen molar-refractivity contribution in [3.8, 4) is 0 Å². The number of aryl methyl sites for hydroxylation is 1. The molecule has 0 aliphatic carbocycles. The number of hydrogen-bond acceptors (Lipinski definition) is 1. The topological polar surface area (TPSA) is 20.3 Å². The molecule has 0 fully saturated rings. The first kappa shape index (κ1) is 11.6. The van der Waals surface area contributed by atoms with Crippen molar-refractivity contribution in [2.24, 2.45) is 0 Å². The van der Waals surface area contributed by atoms with Gasteiger partial charge in [-0.15, -0.1) is 13.2 Å². The van der Waals surface area contributed by atoms with Crippen LogP contribution in [0.15, 0.2) is 24.3 Å². The van der Waals surface area contributed by atoms with Gasteiger partial charge in [-0.1, -0.05) is 18.2 Å². The second-order valence-electron chi connectivity index (χ2n) is 3.11. The van der Waals surface area contributed by atoms with Crippen LogP contribution in [-0.2, 0) is 4.79 Å². The van der Waals surface area contributed by atoms with Crippen molar-refractivity contribution in [2.45, 2.75) is 20.1 Å². The van der Waals surface area contributed by atoms with Gasteiger partial charge in [0.25, 0.3) is 0 Å². The molecule has 15 heavy (non-hydrogen) atoms. The molecule has 0 aromatic heterocycles. The van der Waals surface area contributed by atoms with Crippen molar-refractivity contribution in [3.63, 3.8) is 0 Å². The highest BCUT2D eigenvalue weighted by Crippen LogP contribution is 2.30. The van der Waals surface area contributed by atoms with Gasteiger partial charge >= 0.3 is 6.30 Å². The Hall–Kier alpha value is -1.52. The molecule has 1 aromatic rings. The Kier molecular flexibility index (Phi) is 3.02. The summed E-state index contributed by atoms with van der Waals surface area (Å²) in [6.45, 7) is 2.41. The average Bonchev–Trinajstić information content (AvgIpc) is 2.05. The van der Waals surface area contributed by atoms with Gasteiger partial charge in [-0.3, -0.25) is 4.79 Å². The van der Waals surface area contributed by atoms with E-state index >= 15 is 0 Å². The van der Waals surface area contributed by atoms with E-state index in [2.05, 4.69) is 0 Å². The quantitative estimate of drug-likeness (QED) is 0.662. The Balaban J connectivity index is 3.23. The average molecular weight is 217 g/mol. The summed E-state index contributed by atoms with van der Waals surface area (Å²) in [7, 11) is 0. The van der Waals surface area contributed by atoms with E-state index in [9.17, 15) is 18.0 Å². The zero-order chi connectivity index (χ0) is 11.6. The molecular weight excluding hydrogens is 207 g/mol. The summed E-state index contributed by atoms with van der Waals surface area (Å²) in [6.07, 6.45) is -4.68. The minimum Gasteiger partial charge on any atom is -0.275 e. The summed E-state index contributed by atoms with van der Waals surface area (Å²) in [5.41, 5.74) is 0.280. The van der Waals surface area contributed by atoms with Crippen molar-refractivity contribution < 1.29 is 18.0 Å². The lowest BCUT2D eigenvalue weighted by molar-refractivity contribution is -0.148. The normalized spacial score (nSPS) is 11.3. The third kappa shape index (κ3) is 2.49. The first-order valence-electron chi connectivity index (χ1n) is 4.27. The van der Waals surface area contributed by atoms with E-state index in [1.165, 1.54) is 25.1 Å². The van der Waals surface area contributed by atoms with Gasteiger partial charge in [-0.25, -0.2) is 4.90 Å². The molecule has 0 radical (unpaired) electrons. The van der Waals surface area contributed by atoms with Crippen LogP contribution in [0.25, 0.3) is 0 Å². The fourth-order valence-electron chi connectivity index (χ4n) is 1.30. The molecule has 0 aliphatic heterocycles. The van der Waals surface area contributed by atoms with Gasteiger partial charge in [0, 0.05) is 6.92 Å². The molecule has 0 saturated carbocycles. The van der Waals surface area contributed by atoms with E-state index < -0.39 is 12.2 Å². The van der Waals surface area contributed by atoms with Crippen LogP contribution in [0.4, 0.5) is 18.9 Å². The largest absolute Gasteiger partial charge is 0.491 e. The molecule has 1 rings (SSSR count). The first-order valence-corrected chi connectivity index (χ1v) is 4.27. The third-order valence-corrected chi connectivity index (χ3v) is 1.92. The number of anilines is 1. The molecule has 0 bridgehead atoms. The molecule has 0 N–H and O–H groups in total. The van der Waals surface area contributed by atoms with Crippen molar-refractivity contribution in [2.75, 3.05) is 4.90 Å². The Morgan fingerprint density at radius 1 is 1.27 bits per heavy atom. The molecule has 5 heteroatoms. The predicted molar refractivity (Wildman–Crippen MR) is 50.4 cm³/mol. The van der Waals surface area contributed by atoms with Crippen LogP contribution in [0, 0.1) is 6.92 Å². The monoisotopic (exact) mass is 217 g/mol. The van der Waals surface area contributed by atoms with E-state index in [4.69, 9.17) is 0 Å². The van der Waals surface area contributed by atoms with Gasteiger partial charge < -0.3 is 0 Å². The van der Waals surface area contributed by atoms with Gasteiger partial charge in [-0.05, 0) is 18.6 Å². The highest BCUT2D eigenvalue weighted by atomic mass is 19.4. The molecule has 1 amide bonds. The lowest BCUT2D eigenvalue weighted by Gasteiger charge is -2.24. The number of nitrogens with zero attached hydrogens (tertiary/aromatic N) is 1. The standard InChI is InChI=1S/C10H10F3NO/c1-7-5-3-4-6-9(7)14(8(2)15)10(11,12)13/h3-6H,1-2H3. The number of rotatable bonds is 1. The van der Waals surface area contributed by atoms with Crippen molar-refractivity contribution in [3.05, 3.63) is 29.8 Å². The summed E-state index contributed by atoms with van der Waals surface area (Å²) in [4.78, 5) is 10.8. The lowest BCUT2D eigenvalue weighted by atomic mass is 10.2. The minimum absolute atomic E-state index is 0.127. The van der Waals surface area contributed by atoms with Crippen LogP contribution in [0.1, 0.15) is 12.5 Å². The number of halogens is 3. The maximum absolute atomic E-state index is 12.5. The smallest absolute Gasteiger partial charge is 0.275 e. The predicted octanol–water partition coefficient (Wildman–Crippen LogP) is 2.87. The summed E-state index contributed by atoms with van der Waals surface area (Å²) < 4.78 is 37.6. The Bertz CT molecular complexity index is 373. The zero-order valence-electron chi connectivity index (χ0n) is 8.30. The molecule has 1 aromatic carbocycles. The number of alkyl halides is 3. The summed E-state index contributed by atoms with van der Waals surface area (Å²) in [5, 5.41) is 0. The van der Waals surface area contributed by atoms with Crippen molar-refractivity contribution in [1.29, 1.82) is 0 Å². The van der Waals surface area contributed by atoms with Gasteiger partial charge in [0.1, 0.15) is 0 Å². The molecule has 0 atom stereocenters. The SMILES string of the molecule is CC(=O)N(c1ccccc1C)C(F)(F)F. The maximum Gasteiger partial charge on any atom is 0.491 e. The lowest BCUT2D eigenvalue weighted by Crippen LogP contribution is -2.42. The van der Waals surface area contributed by atoms with Gasteiger partial charge in [-0.2, -0.15) is 0 Å².